The molecule has 0 amide bonds. The number of hydrogen-bond acceptors (Lipinski definition) is 6. The van der Waals surface area contributed by atoms with E-state index in [1.807, 2.05) is 42.5 Å². The molecule has 0 bridgehead atoms. The average Bonchev–Trinajstić information content (AvgIpc) is 3.45. The second-order valence-corrected chi connectivity index (χ2v) is 9.88. The van der Waals surface area contributed by atoms with Crippen LogP contribution < -0.4 is 10.1 Å². The highest BCUT2D eigenvalue weighted by Crippen LogP contribution is 2.39. The van der Waals surface area contributed by atoms with Crippen LogP contribution in [0.5, 0.6) is 5.75 Å². The Morgan fingerprint density at radius 1 is 1.12 bits per heavy atom. The molecule has 5 nitrogen and oxygen atoms in total. The van der Waals surface area contributed by atoms with Crippen molar-refractivity contribution in [3.05, 3.63) is 71.2 Å². The molecule has 34 heavy (non-hydrogen) atoms. The van der Waals surface area contributed by atoms with Crippen molar-refractivity contribution in [3.8, 4) is 16.9 Å². The van der Waals surface area contributed by atoms with Crippen LogP contribution in [0, 0.1) is 6.92 Å². The van der Waals surface area contributed by atoms with Gasteiger partial charge in [0.05, 0.1) is 28.1 Å². The van der Waals surface area contributed by atoms with E-state index >= 15 is 0 Å². The minimum Gasteiger partial charge on any atom is -0.493 e. The number of aliphatic hydroxyl groups is 1. The molecule has 1 aromatic heterocycles. The van der Waals surface area contributed by atoms with Crippen LogP contribution in [-0.4, -0.2) is 46.7 Å². The van der Waals surface area contributed by atoms with Crippen molar-refractivity contribution in [2.45, 2.75) is 25.9 Å². The Bertz CT molecular complexity index is 1290. The molecule has 0 spiro atoms. The summed E-state index contributed by atoms with van der Waals surface area (Å²) in [5.74, 6) is 1.69. The number of benzene rings is 3. The molecule has 176 valence electrons. The molecule has 3 aromatic carbocycles. The second-order valence-electron chi connectivity index (χ2n) is 8.69. The first-order chi connectivity index (χ1) is 16.6. The molecule has 1 unspecified atom stereocenters. The van der Waals surface area contributed by atoms with Gasteiger partial charge in [-0.3, -0.25) is 0 Å². The summed E-state index contributed by atoms with van der Waals surface area (Å²) in [5, 5.41) is 14.8. The highest BCUT2D eigenvalue weighted by Gasteiger charge is 2.19. The van der Waals surface area contributed by atoms with Crippen molar-refractivity contribution in [2.24, 2.45) is 0 Å². The lowest BCUT2D eigenvalue weighted by Gasteiger charge is -2.17. The molecule has 0 saturated carbocycles. The number of likely N-dealkylation sites (tertiary alicyclic amines) is 1. The summed E-state index contributed by atoms with van der Waals surface area (Å²) in [4.78, 5) is 2.29. The number of rotatable bonds is 8. The number of aromatic nitrogens is 1. The molecule has 0 aliphatic carbocycles. The standard InChI is InChI=1S/C27H28ClN3O2S/c1-18-20(8-5-11-24(18)33-16-6-14-31-15-13-19(32)17-31)21-9-4-10-23(26(21)28)29-27-22-7-2-3-12-25(22)34-30-27/h2-5,7-12,19,32H,6,13-17H2,1H3,(H,29,30). The second kappa shape index (κ2) is 10.3. The predicted octanol–water partition coefficient (Wildman–Crippen LogP) is 6.50. The van der Waals surface area contributed by atoms with Gasteiger partial charge in [-0.15, -0.1) is 0 Å². The van der Waals surface area contributed by atoms with E-state index in [4.69, 9.17) is 16.3 Å². The van der Waals surface area contributed by atoms with Crippen molar-refractivity contribution in [1.29, 1.82) is 0 Å². The van der Waals surface area contributed by atoms with Gasteiger partial charge < -0.3 is 20.1 Å². The van der Waals surface area contributed by atoms with E-state index in [0.29, 0.717) is 11.6 Å². The number of anilines is 2. The van der Waals surface area contributed by atoms with Crippen molar-refractivity contribution >= 4 is 44.7 Å². The lowest BCUT2D eigenvalue weighted by atomic mass is 9.99. The third-order valence-electron chi connectivity index (χ3n) is 6.33. The van der Waals surface area contributed by atoms with Gasteiger partial charge in [0.15, 0.2) is 5.82 Å². The number of halogens is 1. The lowest BCUT2D eigenvalue weighted by molar-refractivity contribution is 0.173. The van der Waals surface area contributed by atoms with E-state index < -0.39 is 0 Å². The van der Waals surface area contributed by atoms with Gasteiger partial charge in [-0.25, -0.2) is 0 Å². The van der Waals surface area contributed by atoms with Gasteiger partial charge in [-0.1, -0.05) is 48.0 Å². The Hall–Kier alpha value is -2.64. The molecule has 1 fully saturated rings. The highest BCUT2D eigenvalue weighted by atomic mass is 35.5. The number of hydrogen-bond donors (Lipinski definition) is 2. The molecule has 1 atom stereocenters. The molecule has 1 aliphatic heterocycles. The topological polar surface area (TPSA) is 57.6 Å². The Kier molecular flexibility index (Phi) is 7.02. The first-order valence-corrected chi connectivity index (χ1v) is 12.8. The van der Waals surface area contributed by atoms with Gasteiger partial charge in [0.2, 0.25) is 0 Å². The largest absolute Gasteiger partial charge is 0.493 e. The molecule has 4 aromatic rings. The summed E-state index contributed by atoms with van der Waals surface area (Å²) in [6, 6.07) is 20.3. The SMILES string of the molecule is Cc1c(OCCCN2CCC(O)C2)cccc1-c1cccc(Nc2nsc3ccccc23)c1Cl. The van der Waals surface area contributed by atoms with E-state index in [9.17, 15) is 5.11 Å². The maximum atomic E-state index is 9.68. The molecular formula is C27H28ClN3O2S. The third-order valence-corrected chi connectivity index (χ3v) is 7.56. The normalized spacial score (nSPS) is 16.3. The number of aliphatic hydroxyl groups excluding tert-OH is 1. The van der Waals surface area contributed by atoms with Gasteiger partial charge in [-0.2, -0.15) is 4.37 Å². The molecule has 1 saturated heterocycles. The zero-order chi connectivity index (χ0) is 23.5. The maximum absolute atomic E-state index is 9.68. The van der Waals surface area contributed by atoms with Gasteiger partial charge >= 0.3 is 0 Å². The van der Waals surface area contributed by atoms with Gasteiger partial charge in [0.25, 0.3) is 0 Å². The van der Waals surface area contributed by atoms with Crippen LogP contribution >= 0.6 is 23.1 Å². The predicted molar refractivity (Wildman–Crippen MR) is 142 cm³/mol. The van der Waals surface area contributed by atoms with E-state index in [2.05, 4.69) is 39.7 Å². The van der Waals surface area contributed by atoms with Crippen LogP contribution in [0.2, 0.25) is 5.02 Å². The number of β-amino-alcohol motifs (C(OH)–C–C–N with tert-alkyl or cyclic N) is 1. The molecule has 2 N–H and O–H groups in total. The molecule has 0 radical (unpaired) electrons. The van der Waals surface area contributed by atoms with Crippen molar-refractivity contribution in [1.82, 2.24) is 9.27 Å². The Labute approximate surface area is 209 Å². The molecule has 1 aliphatic rings. The first-order valence-electron chi connectivity index (χ1n) is 11.6. The van der Waals surface area contributed by atoms with Crippen LogP contribution in [0.3, 0.4) is 0 Å². The first kappa shape index (κ1) is 23.1. The van der Waals surface area contributed by atoms with Crippen molar-refractivity contribution in [3.63, 3.8) is 0 Å². The van der Waals surface area contributed by atoms with Gasteiger partial charge in [0.1, 0.15) is 5.75 Å². The average molecular weight is 494 g/mol. The van der Waals surface area contributed by atoms with Crippen LogP contribution in [0.15, 0.2) is 60.7 Å². The summed E-state index contributed by atoms with van der Waals surface area (Å²) >= 11 is 8.37. The summed E-state index contributed by atoms with van der Waals surface area (Å²) in [6.07, 6.45) is 1.62. The van der Waals surface area contributed by atoms with Crippen molar-refractivity contribution in [2.75, 3.05) is 31.6 Å². The smallest absolute Gasteiger partial charge is 0.152 e. The number of nitrogens with zero attached hydrogens (tertiary/aromatic N) is 2. The minimum atomic E-state index is -0.177. The number of nitrogens with one attached hydrogen (secondary N) is 1. The van der Waals surface area contributed by atoms with Crippen molar-refractivity contribution < 1.29 is 9.84 Å². The fraction of sp³-hybridized carbons (Fsp3) is 0.296. The fourth-order valence-electron chi connectivity index (χ4n) is 4.49. The third kappa shape index (κ3) is 4.91. The van der Waals surface area contributed by atoms with Gasteiger partial charge in [-0.05, 0) is 66.7 Å². The maximum Gasteiger partial charge on any atom is 0.152 e. The molecule has 2 heterocycles. The number of fused-ring (bicyclic) bond motifs is 1. The molecule has 5 rings (SSSR count). The van der Waals surface area contributed by atoms with Crippen LogP contribution in [-0.2, 0) is 0 Å². The minimum absolute atomic E-state index is 0.177. The zero-order valence-electron chi connectivity index (χ0n) is 19.1. The van der Waals surface area contributed by atoms with Crippen LogP contribution in [0.4, 0.5) is 11.5 Å². The number of ether oxygens (including phenoxy) is 1. The van der Waals surface area contributed by atoms with E-state index in [1.54, 1.807) is 0 Å². The fourth-order valence-corrected chi connectivity index (χ4v) is 5.50. The Balaban J connectivity index is 1.31. The summed E-state index contributed by atoms with van der Waals surface area (Å²) < 4.78 is 11.8. The van der Waals surface area contributed by atoms with E-state index in [1.165, 1.54) is 11.5 Å². The zero-order valence-corrected chi connectivity index (χ0v) is 20.7. The van der Waals surface area contributed by atoms with Gasteiger partial charge in [0, 0.05) is 30.6 Å². The lowest BCUT2D eigenvalue weighted by Crippen LogP contribution is -2.24. The summed E-state index contributed by atoms with van der Waals surface area (Å²) in [6.45, 7) is 5.40. The Morgan fingerprint density at radius 3 is 2.79 bits per heavy atom. The monoisotopic (exact) mass is 493 g/mol. The molecular weight excluding hydrogens is 466 g/mol. The van der Waals surface area contributed by atoms with Crippen LogP contribution in [0.25, 0.3) is 21.2 Å². The Morgan fingerprint density at radius 2 is 1.94 bits per heavy atom. The molecule has 7 heteroatoms. The summed E-state index contributed by atoms with van der Waals surface area (Å²) in [5.41, 5.74) is 3.91. The van der Waals surface area contributed by atoms with E-state index in [-0.39, 0.29) is 6.10 Å². The van der Waals surface area contributed by atoms with Crippen LogP contribution in [0.1, 0.15) is 18.4 Å². The highest BCUT2D eigenvalue weighted by molar-refractivity contribution is 7.13. The quantitative estimate of drug-likeness (QED) is 0.274. The summed E-state index contributed by atoms with van der Waals surface area (Å²) in [7, 11) is 0. The van der Waals surface area contributed by atoms with E-state index in [0.717, 1.165) is 76.5 Å².